The predicted molar refractivity (Wildman–Crippen MR) is 106 cm³/mol. The Labute approximate surface area is 161 Å². The van der Waals surface area contributed by atoms with Crippen LogP contribution in [0, 0.1) is 13.8 Å². The molecule has 3 heterocycles. The van der Waals surface area contributed by atoms with Crippen molar-refractivity contribution < 1.29 is 4.79 Å². The quantitative estimate of drug-likeness (QED) is 0.558. The highest BCUT2D eigenvalue weighted by Gasteiger charge is 2.20. The lowest BCUT2D eigenvalue weighted by Crippen LogP contribution is -2.37. The van der Waals surface area contributed by atoms with Crippen molar-refractivity contribution in [3.63, 3.8) is 0 Å². The van der Waals surface area contributed by atoms with Crippen LogP contribution in [0.3, 0.4) is 0 Å². The molecular formula is C20H20N4O2S. The van der Waals surface area contributed by atoms with Crippen LogP contribution in [0.4, 0.5) is 0 Å². The van der Waals surface area contributed by atoms with E-state index in [9.17, 15) is 9.59 Å². The SMILES string of the molecule is Cc1cc(C)c2c(=O)[nH]c(SCC(=O)N3CCc4ccccc4C3)nc2n1. The molecule has 0 saturated heterocycles. The molecule has 0 spiro atoms. The molecule has 1 N–H and O–H groups in total. The van der Waals surface area contributed by atoms with E-state index in [1.165, 1.54) is 22.9 Å². The molecule has 0 radical (unpaired) electrons. The van der Waals surface area contributed by atoms with Crippen molar-refractivity contribution in [3.8, 4) is 0 Å². The van der Waals surface area contributed by atoms with Gasteiger partial charge in [-0.3, -0.25) is 9.59 Å². The minimum Gasteiger partial charge on any atom is -0.337 e. The molecule has 138 valence electrons. The van der Waals surface area contributed by atoms with Gasteiger partial charge in [-0.15, -0.1) is 0 Å². The summed E-state index contributed by atoms with van der Waals surface area (Å²) in [6.07, 6.45) is 0.875. The average Bonchev–Trinajstić information content (AvgIpc) is 2.64. The van der Waals surface area contributed by atoms with Gasteiger partial charge in [0, 0.05) is 18.8 Å². The lowest BCUT2D eigenvalue weighted by molar-refractivity contribution is -0.129. The van der Waals surface area contributed by atoms with Gasteiger partial charge in [0.25, 0.3) is 5.56 Å². The van der Waals surface area contributed by atoms with E-state index in [0.717, 1.165) is 24.2 Å². The monoisotopic (exact) mass is 380 g/mol. The first-order chi connectivity index (χ1) is 13.0. The fraction of sp³-hybridized carbons (Fsp3) is 0.300. The van der Waals surface area contributed by atoms with Crippen LogP contribution in [0.1, 0.15) is 22.4 Å². The molecule has 0 unspecified atom stereocenters. The third kappa shape index (κ3) is 3.60. The molecule has 27 heavy (non-hydrogen) atoms. The maximum atomic E-state index is 12.6. The highest BCUT2D eigenvalue weighted by molar-refractivity contribution is 7.99. The van der Waals surface area contributed by atoms with Crippen LogP contribution < -0.4 is 5.56 Å². The second-order valence-corrected chi connectivity index (χ2v) is 7.74. The summed E-state index contributed by atoms with van der Waals surface area (Å²) in [6.45, 7) is 5.10. The summed E-state index contributed by atoms with van der Waals surface area (Å²) in [6, 6.07) is 10.1. The van der Waals surface area contributed by atoms with Gasteiger partial charge in [0.1, 0.15) is 0 Å². The minimum absolute atomic E-state index is 0.0469. The van der Waals surface area contributed by atoms with Gasteiger partial charge in [0.05, 0.1) is 11.1 Å². The van der Waals surface area contributed by atoms with Crippen LogP contribution in [0.2, 0.25) is 0 Å². The maximum absolute atomic E-state index is 12.6. The molecule has 0 fully saturated rings. The largest absolute Gasteiger partial charge is 0.337 e. The van der Waals surface area contributed by atoms with E-state index in [2.05, 4.69) is 27.1 Å². The third-order valence-corrected chi connectivity index (χ3v) is 5.65. The Hall–Kier alpha value is -2.67. The lowest BCUT2D eigenvalue weighted by atomic mass is 10.00. The number of carbonyl (C=O) groups is 1. The third-order valence-electron chi connectivity index (χ3n) is 4.80. The number of rotatable bonds is 3. The van der Waals surface area contributed by atoms with E-state index in [-0.39, 0.29) is 17.2 Å². The van der Waals surface area contributed by atoms with E-state index in [0.29, 0.717) is 22.7 Å². The zero-order chi connectivity index (χ0) is 19.0. The van der Waals surface area contributed by atoms with Gasteiger partial charge in [-0.25, -0.2) is 9.97 Å². The Bertz CT molecular complexity index is 1090. The molecule has 0 bridgehead atoms. The molecule has 2 aromatic heterocycles. The number of nitrogens with zero attached hydrogens (tertiary/aromatic N) is 3. The summed E-state index contributed by atoms with van der Waals surface area (Å²) in [5, 5.41) is 0.930. The summed E-state index contributed by atoms with van der Waals surface area (Å²) in [4.78, 5) is 38.4. The fourth-order valence-corrected chi connectivity index (χ4v) is 4.22. The zero-order valence-corrected chi connectivity index (χ0v) is 16.1. The molecule has 3 aromatic rings. The summed E-state index contributed by atoms with van der Waals surface area (Å²) < 4.78 is 0. The molecule has 1 amide bonds. The van der Waals surface area contributed by atoms with E-state index in [4.69, 9.17) is 0 Å². The van der Waals surface area contributed by atoms with Gasteiger partial charge in [0.2, 0.25) is 5.91 Å². The van der Waals surface area contributed by atoms with Crippen molar-refractivity contribution in [2.24, 2.45) is 0 Å². The Morgan fingerprint density at radius 1 is 1.22 bits per heavy atom. The summed E-state index contributed by atoms with van der Waals surface area (Å²) in [5.74, 6) is 0.284. The number of hydrogen-bond donors (Lipinski definition) is 1. The van der Waals surface area contributed by atoms with Gasteiger partial charge in [-0.2, -0.15) is 0 Å². The summed E-state index contributed by atoms with van der Waals surface area (Å²) in [5.41, 5.74) is 4.40. The summed E-state index contributed by atoms with van der Waals surface area (Å²) in [7, 11) is 0. The van der Waals surface area contributed by atoms with E-state index in [1.807, 2.05) is 36.9 Å². The van der Waals surface area contributed by atoms with Crippen LogP contribution >= 0.6 is 11.8 Å². The van der Waals surface area contributed by atoms with Crippen molar-refractivity contribution in [1.29, 1.82) is 0 Å². The average molecular weight is 380 g/mol. The molecule has 1 aliphatic heterocycles. The van der Waals surface area contributed by atoms with Crippen molar-refractivity contribution in [2.45, 2.75) is 32.0 Å². The standard InChI is InChI=1S/C20H20N4O2S/c1-12-9-13(2)21-18-17(12)19(26)23-20(22-18)27-11-16(25)24-8-7-14-5-3-4-6-15(14)10-24/h3-6,9H,7-8,10-11H2,1-2H3,(H,21,22,23,26). The normalized spacial score (nSPS) is 13.6. The Morgan fingerprint density at radius 2 is 2.00 bits per heavy atom. The van der Waals surface area contributed by atoms with Gasteiger partial charge in [0.15, 0.2) is 10.8 Å². The maximum Gasteiger partial charge on any atom is 0.261 e. The molecule has 7 heteroatoms. The zero-order valence-electron chi connectivity index (χ0n) is 15.3. The first-order valence-electron chi connectivity index (χ1n) is 8.87. The Kier molecular flexibility index (Phi) is 4.70. The highest BCUT2D eigenvalue weighted by atomic mass is 32.2. The molecule has 0 saturated carbocycles. The number of carbonyl (C=O) groups excluding carboxylic acids is 1. The number of pyridine rings is 1. The first-order valence-corrected chi connectivity index (χ1v) is 9.85. The summed E-state index contributed by atoms with van der Waals surface area (Å²) >= 11 is 1.25. The number of aromatic nitrogens is 3. The lowest BCUT2D eigenvalue weighted by Gasteiger charge is -2.28. The number of nitrogens with one attached hydrogen (secondary N) is 1. The molecule has 1 aromatic carbocycles. The van der Waals surface area contributed by atoms with E-state index < -0.39 is 0 Å². The van der Waals surface area contributed by atoms with Gasteiger partial charge in [-0.05, 0) is 43.0 Å². The second kappa shape index (κ2) is 7.15. The Morgan fingerprint density at radius 3 is 2.81 bits per heavy atom. The number of aromatic amines is 1. The van der Waals surface area contributed by atoms with Gasteiger partial charge < -0.3 is 9.88 Å². The van der Waals surface area contributed by atoms with E-state index in [1.54, 1.807) is 0 Å². The van der Waals surface area contributed by atoms with Crippen LogP contribution in [-0.4, -0.2) is 38.1 Å². The van der Waals surface area contributed by atoms with Crippen molar-refractivity contribution in [3.05, 3.63) is 63.1 Å². The number of hydrogen-bond acceptors (Lipinski definition) is 5. The minimum atomic E-state index is -0.216. The van der Waals surface area contributed by atoms with Crippen molar-refractivity contribution >= 4 is 28.7 Å². The molecular weight excluding hydrogens is 360 g/mol. The van der Waals surface area contributed by atoms with Gasteiger partial charge in [-0.1, -0.05) is 36.0 Å². The van der Waals surface area contributed by atoms with Crippen LogP contribution in [-0.2, 0) is 17.8 Å². The second-order valence-electron chi connectivity index (χ2n) is 6.77. The van der Waals surface area contributed by atoms with Crippen LogP contribution in [0.25, 0.3) is 11.0 Å². The molecule has 1 aliphatic rings. The van der Waals surface area contributed by atoms with Crippen LogP contribution in [0.5, 0.6) is 0 Å². The molecule has 0 atom stereocenters. The topological polar surface area (TPSA) is 79.0 Å². The number of H-pyrrole nitrogens is 1. The number of thioether (sulfide) groups is 1. The number of aryl methyl sites for hydroxylation is 2. The number of amides is 1. The molecule has 0 aliphatic carbocycles. The van der Waals surface area contributed by atoms with Gasteiger partial charge >= 0.3 is 0 Å². The number of benzene rings is 1. The van der Waals surface area contributed by atoms with E-state index >= 15 is 0 Å². The predicted octanol–water partition coefficient (Wildman–Crippen LogP) is 2.61. The molecule has 6 nitrogen and oxygen atoms in total. The number of fused-ring (bicyclic) bond motifs is 2. The Balaban J connectivity index is 1.49. The molecule has 4 rings (SSSR count). The highest BCUT2D eigenvalue weighted by Crippen LogP contribution is 2.21. The first kappa shape index (κ1) is 17.7. The van der Waals surface area contributed by atoms with Crippen LogP contribution in [0.15, 0.2) is 40.3 Å². The van der Waals surface area contributed by atoms with Crippen molar-refractivity contribution in [1.82, 2.24) is 19.9 Å². The fourth-order valence-electron chi connectivity index (χ4n) is 3.46. The smallest absolute Gasteiger partial charge is 0.261 e. The van der Waals surface area contributed by atoms with Crippen molar-refractivity contribution in [2.75, 3.05) is 12.3 Å².